The molecule has 5 heteroatoms. The van der Waals surface area contributed by atoms with Crippen molar-refractivity contribution in [2.75, 3.05) is 7.05 Å². The molecule has 21 heavy (non-hydrogen) atoms. The van der Waals surface area contributed by atoms with E-state index in [0.29, 0.717) is 22.7 Å². The minimum atomic E-state index is -0.165. The molecule has 0 unspecified atom stereocenters. The number of amides is 2. The van der Waals surface area contributed by atoms with Crippen molar-refractivity contribution in [3.63, 3.8) is 0 Å². The second kappa shape index (κ2) is 6.90. The highest BCUT2D eigenvalue weighted by atomic mass is 35.5. The Morgan fingerprint density at radius 2 is 1.43 bits per heavy atom. The van der Waals surface area contributed by atoms with Gasteiger partial charge in [-0.2, -0.15) is 0 Å². The van der Waals surface area contributed by atoms with Gasteiger partial charge in [0.2, 0.25) is 0 Å². The Morgan fingerprint density at radius 3 is 2.00 bits per heavy atom. The van der Waals surface area contributed by atoms with Crippen LogP contribution >= 0.6 is 11.6 Å². The summed E-state index contributed by atoms with van der Waals surface area (Å²) < 4.78 is 0. The van der Waals surface area contributed by atoms with Crippen molar-refractivity contribution in [3.05, 3.63) is 70.2 Å². The maximum Gasteiger partial charge on any atom is 0.251 e. The lowest BCUT2D eigenvalue weighted by Crippen LogP contribution is -2.23. The summed E-state index contributed by atoms with van der Waals surface area (Å²) in [5.74, 6) is -0.297. The number of carbonyl (C=O) groups is 2. The number of halogens is 1. The summed E-state index contributed by atoms with van der Waals surface area (Å²) >= 11 is 5.78. The Hall–Kier alpha value is -2.33. The number of nitrogens with one attached hydrogen (secondary N) is 2. The lowest BCUT2D eigenvalue weighted by molar-refractivity contribution is 0.0946. The van der Waals surface area contributed by atoms with Crippen LogP contribution in [0.2, 0.25) is 5.02 Å². The normalized spacial score (nSPS) is 10.0. The molecule has 108 valence electrons. The van der Waals surface area contributed by atoms with Crippen LogP contribution in [0.5, 0.6) is 0 Å². The van der Waals surface area contributed by atoms with Gasteiger partial charge in [-0.05, 0) is 42.0 Å². The molecule has 0 bridgehead atoms. The number of benzene rings is 2. The molecule has 0 aliphatic carbocycles. The highest BCUT2D eigenvalue weighted by Crippen LogP contribution is 2.10. The first-order valence-corrected chi connectivity index (χ1v) is 6.83. The van der Waals surface area contributed by atoms with Crippen LogP contribution in [0.15, 0.2) is 48.5 Å². The van der Waals surface area contributed by atoms with E-state index in [0.717, 1.165) is 5.56 Å². The zero-order chi connectivity index (χ0) is 15.2. The Bertz CT molecular complexity index is 636. The van der Waals surface area contributed by atoms with Gasteiger partial charge >= 0.3 is 0 Å². The largest absolute Gasteiger partial charge is 0.355 e. The monoisotopic (exact) mass is 302 g/mol. The smallest absolute Gasteiger partial charge is 0.251 e. The molecule has 0 spiro atoms. The molecule has 2 aromatic carbocycles. The van der Waals surface area contributed by atoms with Crippen LogP contribution in [0.4, 0.5) is 0 Å². The van der Waals surface area contributed by atoms with E-state index in [1.807, 2.05) is 12.1 Å². The molecule has 0 aliphatic rings. The van der Waals surface area contributed by atoms with Gasteiger partial charge in [0.15, 0.2) is 0 Å². The van der Waals surface area contributed by atoms with Crippen molar-refractivity contribution in [3.8, 4) is 0 Å². The summed E-state index contributed by atoms with van der Waals surface area (Å²) in [6, 6.07) is 13.8. The molecule has 0 saturated heterocycles. The number of hydrogen-bond acceptors (Lipinski definition) is 2. The van der Waals surface area contributed by atoms with Gasteiger partial charge in [-0.1, -0.05) is 23.7 Å². The first kappa shape index (κ1) is 15.1. The van der Waals surface area contributed by atoms with Crippen LogP contribution in [0.1, 0.15) is 26.3 Å². The van der Waals surface area contributed by atoms with Crippen LogP contribution in [-0.4, -0.2) is 18.9 Å². The predicted octanol–water partition coefficient (Wildman–Crippen LogP) is 2.63. The molecular formula is C16H15ClN2O2. The lowest BCUT2D eigenvalue weighted by atomic mass is 10.1. The molecule has 4 nitrogen and oxygen atoms in total. The summed E-state index contributed by atoms with van der Waals surface area (Å²) in [5.41, 5.74) is 2.07. The average molecular weight is 303 g/mol. The molecule has 0 heterocycles. The van der Waals surface area contributed by atoms with Gasteiger partial charge in [0.25, 0.3) is 11.8 Å². The van der Waals surface area contributed by atoms with Crippen molar-refractivity contribution in [2.45, 2.75) is 6.54 Å². The summed E-state index contributed by atoms with van der Waals surface area (Å²) in [5, 5.41) is 5.97. The van der Waals surface area contributed by atoms with Crippen molar-refractivity contribution < 1.29 is 9.59 Å². The average Bonchev–Trinajstić information content (AvgIpc) is 2.53. The van der Waals surface area contributed by atoms with E-state index in [1.54, 1.807) is 43.4 Å². The molecule has 0 aliphatic heterocycles. The van der Waals surface area contributed by atoms with Crippen LogP contribution in [0, 0.1) is 0 Å². The fraction of sp³-hybridized carbons (Fsp3) is 0.125. The Kier molecular flexibility index (Phi) is 4.95. The SMILES string of the molecule is CNC(=O)c1ccc(CNC(=O)c2ccc(Cl)cc2)cc1. The van der Waals surface area contributed by atoms with E-state index in [2.05, 4.69) is 10.6 Å². The summed E-state index contributed by atoms with van der Waals surface area (Å²) in [4.78, 5) is 23.3. The van der Waals surface area contributed by atoms with E-state index in [9.17, 15) is 9.59 Å². The maximum atomic E-state index is 11.9. The lowest BCUT2D eigenvalue weighted by Gasteiger charge is -2.06. The molecule has 0 radical (unpaired) electrons. The standard InChI is InChI=1S/C16H15ClN2O2/c1-18-15(20)12-4-2-11(3-5-12)10-19-16(21)13-6-8-14(17)9-7-13/h2-9H,10H2,1H3,(H,18,20)(H,19,21). The van der Waals surface area contributed by atoms with Gasteiger partial charge in [0.05, 0.1) is 0 Å². The van der Waals surface area contributed by atoms with Crippen LogP contribution in [0.3, 0.4) is 0 Å². The summed E-state index contributed by atoms with van der Waals surface area (Å²) in [6.45, 7) is 0.398. The Morgan fingerprint density at radius 1 is 0.905 bits per heavy atom. The fourth-order valence-electron chi connectivity index (χ4n) is 1.80. The molecule has 0 fully saturated rings. The van der Waals surface area contributed by atoms with E-state index in [-0.39, 0.29) is 11.8 Å². The van der Waals surface area contributed by atoms with Crippen molar-refractivity contribution in [1.82, 2.24) is 10.6 Å². The second-order valence-corrected chi connectivity index (χ2v) is 4.90. The van der Waals surface area contributed by atoms with Crippen molar-refractivity contribution in [2.24, 2.45) is 0 Å². The van der Waals surface area contributed by atoms with E-state index in [1.165, 1.54) is 0 Å². The third-order valence-electron chi connectivity index (χ3n) is 3.00. The first-order chi connectivity index (χ1) is 10.1. The van der Waals surface area contributed by atoms with Gasteiger partial charge < -0.3 is 10.6 Å². The predicted molar refractivity (Wildman–Crippen MR) is 82.5 cm³/mol. The highest BCUT2D eigenvalue weighted by molar-refractivity contribution is 6.30. The number of hydrogen-bond donors (Lipinski definition) is 2. The van der Waals surface area contributed by atoms with E-state index < -0.39 is 0 Å². The van der Waals surface area contributed by atoms with Crippen LogP contribution in [-0.2, 0) is 6.54 Å². The second-order valence-electron chi connectivity index (χ2n) is 4.47. The Labute approximate surface area is 128 Å². The molecule has 2 N–H and O–H groups in total. The Balaban J connectivity index is 1.95. The molecule has 2 aromatic rings. The van der Waals surface area contributed by atoms with Crippen molar-refractivity contribution in [1.29, 1.82) is 0 Å². The van der Waals surface area contributed by atoms with Gasteiger partial charge in [-0.3, -0.25) is 9.59 Å². The maximum absolute atomic E-state index is 11.9. The number of carbonyl (C=O) groups excluding carboxylic acids is 2. The van der Waals surface area contributed by atoms with Gasteiger partial charge in [0, 0.05) is 29.7 Å². The molecule has 2 rings (SSSR count). The number of rotatable bonds is 4. The molecule has 0 atom stereocenters. The first-order valence-electron chi connectivity index (χ1n) is 6.45. The minimum absolute atomic E-state index is 0.133. The minimum Gasteiger partial charge on any atom is -0.355 e. The molecule has 0 saturated carbocycles. The zero-order valence-corrected chi connectivity index (χ0v) is 12.3. The molecular weight excluding hydrogens is 288 g/mol. The van der Waals surface area contributed by atoms with Gasteiger partial charge in [0.1, 0.15) is 0 Å². The third kappa shape index (κ3) is 4.07. The molecule has 0 aromatic heterocycles. The fourth-order valence-corrected chi connectivity index (χ4v) is 1.93. The quantitative estimate of drug-likeness (QED) is 0.912. The van der Waals surface area contributed by atoms with Gasteiger partial charge in [-0.15, -0.1) is 0 Å². The highest BCUT2D eigenvalue weighted by Gasteiger charge is 2.06. The summed E-state index contributed by atoms with van der Waals surface area (Å²) in [6.07, 6.45) is 0. The zero-order valence-electron chi connectivity index (χ0n) is 11.5. The van der Waals surface area contributed by atoms with E-state index >= 15 is 0 Å². The van der Waals surface area contributed by atoms with Crippen LogP contribution < -0.4 is 10.6 Å². The van der Waals surface area contributed by atoms with E-state index in [4.69, 9.17) is 11.6 Å². The molecule has 2 amide bonds. The van der Waals surface area contributed by atoms with Gasteiger partial charge in [-0.25, -0.2) is 0 Å². The topological polar surface area (TPSA) is 58.2 Å². The summed E-state index contributed by atoms with van der Waals surface area (Å²) in [7, 11) is 1.59. The van der Waals surface area contributed by atoms with Crippen LogP contribution in [0.25, 0.3) is 0 Å². The van der Waals surface area contributed by atoms with Crippen molar-refractivity contribution >= 4 is 23.4 Å². The third-order valence-corrected chi connectivity index (χ3v) is 3.25.